The summed E-state index contributed by atoms with van der Waals surface area (Å²) in [5.41, 5.74) is 10.1. The third-order valence-corrected chi connectivity index (χ3v) is 3.36. The molecule has 0 bridgehead atoms. The van der Waals surface area contributed by atoms with Crippen molar-refractivity contribution in [2.45, 2.75) is 58.8 Å². The van der Waals surface area contributed by atoms with Crippen LogP contribution in [0.2, 0.25) is 0 Å². The Kier molecular flexibility index (Phi) is 5.20. The predicted molar refractivity (Wildman–Crippen MR) is 76.5 cm³/mol. The minimum absolute atomic E-state index is 0.253. The highest BCUT2D eigenvalue weighted by Gasteiger charge is 2.14. The molecule has 0 atom stereocenters. The van der Waals surface area contributed by atoms with E-state index in [1.807, 2.05) is 0 Å². The summed E-state index contributed by atoms with van der Waals surface area (Å²) >= 11 is 0. The molecule has 1 aromatic carbocycles. The molecule has 0 aliphatic carbocycles. The largest absolute Gasteiger partial charge is 0.330 e. The van der Waals surface area contributed by atoms with Gasteiger partial charge in [0.1, 0.15) is 0 Å². The summed E-state index contributed by atoms with van der Waals surface area (Å²) in [4.78, 5) is 0. The van der Waals surface area contributed by atoms with Crippen LogP contribution < -0.4 is 5.73 Å². The van der Waals surface area contributed by atoms with Gasteiger partial charge >= 0.3 is 0 Å². The highest BCUT2D eigenvalue weighted by atomic mass is 14.5. The zero-order valence-electron chi connectivity index (χ0n) is 11.8. The van der Waals surface area contributed by atoms with Crippen LogP contribution in [0.5, 0.6) is 0 Å². The topological polar surface area (TPSA) is 26.0 Å². The first-order chi connectivity index (χ1) is 7.95. The number of benzene rings is 1. The molecule has 0 unspecified atom stereocenters. The molecule has 17 heavy (non-hydrogen) atoms. The minimum atomic E-state index is 0.253. The third kappa shape index (κ3) is 4.51. The van der Waals surface area contributed by atoms with E-state index < -0.39 is 0 Å². The van der Waals surface area contributed by atoms with Crippen LogP contribution in [0, 0.1) is 6.92 Å². The van der Waals surface area contributed by atoms with E-state index in [0.29, 0.717) is 0 Å². The van der Waals surface area contributed by atoms with Gasteiger partial charge in [0.25, 0.3) is 0 Å². The molecule has 2 N–H and O–H groups in total. The van der Waals surface area contributed by atoms with E-state index in [-0.39, 0.29) is 5.41 Å². The number of hydrogen-bond donors (Lipinski definition) is 1. The SMILES string of the molecule is Cc1cc(C(C)(C)C)ccc1CCCCCN. The standard InChI is InChI=1S/C16H27N/c1-13-12-15(16(2,3)4)10-9-14(13)8-6-5-7-11-17/h9-10,12H,5-8,11,17H2,1-4H3. The lowest BCUT2D eigenvalue weighted by atomic mass is 9.85. The van der Waals surface area contributed by atoms with Gasteiger partial charge in [-0.3, -0.25) is 0 Å². The molecule has 0 aliphatic heterocycles. The van der Waals surface area contributed by atoms with Gasteiger partial charge in [-0.15, -0.1) is 0 Å². The van der Waals surface area contributed by atoms with Crippen molar-refractivity contribution < 1.29 is 0 Å². The molecular formula is C16H27N. The second kappa shape index (κ2) is 6.20. The van der Waals surface area contributed by atoms with Gasteiger partial charge in [-0.1, -0.05) is 45.4 Å². The van der Waals surface area contributed by atoms with Crippen molar-refractivity contribution in [2.75, 3.05) is 6.54 Å². The Morgan fingerprint density at radius 3 is 2.29 bits per heavy atom. The van der Waals surface area contributed by atoms with E-state index in [0.717, 1.165) is 13.0 Å². The van der Waals surface area contributed by atoms with E-state index in [1.165, 1.54) is 36.0 Å². The summed E-state index contributed by atoms with van der Waals surface area (Å²) in [6, 6.07) is 6.93. The molecule has 0 saturated heterocycles. The summed E-state index contributed by atoms with van der Waals surface area (Å²) in [6.07, 6.45) is 4.85. The first kappa shape index (κ1) is 14.2. The molecule has 0 amide bonds. The van der Waals surface area contributed by atoms with E-state index in [2.05, 4.69) is 45.9 Å². The molecule has 0 aromatic heterocycles. The summed E-state index contributed by atoms with van der Waals surface area (Å²) in [5, 5.41) is 0. The smallest absolute Gasteiger partial charge is 0.00773 e. The second-order valence-electron chi connectivity index (χ2n) is 5.99. The van der Waals surface area contributed by atoms with Crippen LogP contribution in [-0.2, 0) is 11.8 Å². The van der Waals surface area contributed by atoms with Gasteiger partial charge in [-0.25, -0.2) is 0 Å². The van der Waals surface area contributed by atoms with Gasteiger partial charge in [0, 0.05) is 0 Å². The zero-order valence-corrected chi connectivity index (χ0v) is 11.8. The van der Waals surface area contributed by atoms with E-state index >= 15 is 0 Å². The van der Waals surface area contributed by atoms with Crippen LogP contribution in [0.25, 0.3) is 0 Å². The van der Waals surface area contributed by atoms with Crippen molar-refractivity contribution in [1.82, 2.24) is 0 Å². The minimum Gasteiger partial charge on any atom is -0.330 e. The lowest BCUT2D eigenvalue weighted by Gasteiger charge is -2.20. The maximum atomic E-state index is 5.51. The summed E-state index contributed by atoms with van der Waals surface area (Å²) in [6.45, 7) is 9.85. The lowest BCUT2D eigenvalue weighted by molar-refractivity contribution is 0.589. The van der Waals surface area contributed by atoms with E-state index in [9.17, 15) is 0 Å². The van der Waals surface area contributed by atoms with Crippen LogP contribution in [0.4, 0.5) is 0 Å². The average molecular weight is 233 g/mol. The molecule has 96 valence electrons. The molecule has 0 aliphatic rings. The first-order valence-corrected chi connectivity index (χ1v) is 6.75. The van der Waals surface area contributed by atoms with Gasteiger partial charge < -0.3 is 5.73 Å². The summed E-state index contributed by atoms with van der Waals surface area (Å²) < 4.78 is 0. The monoisotopic (exact) mass is 233 g/mol. The van der Waals surface area contributed by atoms with Gasteiger partial charge in [0.15, 0.2) is 0 Å². The molecule has 1 nitrogen and oxygen atoms in total. The Hall–Kier alpha value is -0.820. The zero-order chi connectivity index (χ0) is 12.9. The van der Waals surface area contributed by atoms with E-state index in [4.69, 9.17) is 5.73 Å². The predicted octanol–water partition coefficient (Wildman–Crippen LogP) is 3.96. The fraction of sp³-hybridized carbons (Fsp3) is 0.625. The van der Waals surface area contributed by atoms with Crippen molar-refractivity contribution >= 4 is 0 Å². The second-order valence-corrected chi connectivity index (χ2v) is 5.99. The molecular weight excluding hydrogens is 206 g/mol. The normalized spacial score (nSPS) is 11.8. The molecule has 0 spiro atoms. The van der Waals surface area contributed by atoms with Crippen molar-refractivity contribution in [2.24, 2.45) is 5.73 Å². The quantitative estimate of drug-likeness (QED) is 0.765. The molecule has 1 heteroatoms. The fourth-order valence-corrected chi connectivity index (χ4v) is 2.08. The highest BCUT2D eigenvalue weighted by Crippen LogP contribution is 2.25. The maximum absolute atomic E-state index is 5.51. The van der Waals surface area contributed by atoms with Crippen LogP contribution in [0.15, 0.2) is 18.2 Å². The molecule has 0 radical (unpaired) electrons. The Bertz CT molecular complexity index is 347. The Morgan fingerprint density at radius 1 is 1.06 bits per heavy atom. The fourth-order valence-electron chi connectivity index (χ4n) is 2.08. The number of rotatable bonds is 5. The summed E-state index contributed by atoms with van der Waals surface area (Å²) in [7, 11) is 0. The Labute approximate surface area is 106 Å². The molecule has 0 fully saturated rings. The highest BCUT2D eigenvalue weighted by molar-refractivity contribution is 5.34. The van der Waals surface area contributed by atoms with Crippen molar-refractivity contribution in [3.8, 4) is 0 Å². The number of hydrogen-bond acceptors (Lipinski definition) is 1. The third-order valence-electron chi connectivity index (χ3n) is 3.36. The van der Waals surface area contributed by atoms with Crippen LogP contribution in [0.3, 0.4) is 0 Å². The van der Waals surface area contributed by atoms with Gasteiger partial charge in [-0.05, 0) is 54.8 Å². The average Bonchev–Trinajstić information content (AvgIpc) is 2.24. The van der Waals surface area contributed by atoms with Crippen molar-refractivity contribution in [3.63, 3.8) is 0 Å². The molecule has 1 rings (SSSR count). The Morgan fingerprint density at radius 2 is 1.76 bits per heavy atom. The van der Waals surface area contributed by atoms with Gasteiger partial charge in [-0.2, -0.15) is 0 Å². The number of unbranched alkanes of at least 4 members (excludes halogenated alkanes) is 2. The van der Waals surface area contributed by atoms with Crippen molar-refractivity contribution in [1.29, 1.82) is 0 Å². The van der Waals surface area contributed by atoms with Gasteiger partial charge in [0.05, 0.1) is 0 Å². The van der Waals surface area contributed by atoms with Gasteiger partial charge in [0.2, 0.25) is 0 Å². The molecule has 0 saturated carbocycles. The van der Waals surface area contributed by atoms with Crippen LogP contribution >= 0.6 is 0 Å². The van der Waals surface area contributed by atoms with Crippen LogP contribution in [0.1, 0.15) is 56.7 Å². The lowest BCUT2D eigenvalue weighted by Crippen LogP contribution is -2.11. The molecule has 1 aromatic rings. The summed E-state index contributed by atoms with van der Waals surface area (Å²) in [5.74, 6) is 0. The molecule has 0 heterocycles. The Balaban J connectivity index is 2.64. The van der Waals surface area contributed by atoms with Crippen LogP contribution in [-0.4, -0.2) is 6.54 Å². The van der Waals surface area contributed by atoms with E-state index in [1.54, 1.807) is 0 Å². The first-order valence-electron chi connectivity index (χ1n) is 6.75. The number of aryl methyl sites for hydroxylation is 2. The maximum Gasteiger partial charge on any atom is -0.00773 e. The number of nitrogens with two attached hydrogens (primary N) is 1. The van der Waals surface area contributed by atoms with Crippen molar-refractivity contribution in [3.05, 3.63) is 34.9 Å².